The molecule has 40 valence electrons. The molecule has 0 heterocycles. The minimum absolute atomic E-state index is 1.03. The largest absolute Gasteiger partial charge is 0.401 e. The second-order valence-corrected chi connectivity index (χ2v) is 1.75. The van der Waals surface area contributed by atoms with Crippen molar-refractivity contribution < 1.29 is 0 Å². The van der Waals surface area contributed by atoms with Gasteiger partial charge in [0.25, 0.3) is 0 Å². The molecule has 0 spiro atoms. The molecule has 1 aliphatic carbocycles. The molecule has 0 unspecified atom stereocenters. The molecule has 0 radical (unpaired) electrons. The van der Waals surface area contributed by atoms with E-state index in [0.29, 0.717) is 0 Å². The SMILES string of the molecule is CNC1=C(N)CC1. The van der Waals surface area contributed by atoms with Crippen LogP contribution in [-0.4, -0.2) is 7.05 Å². The molecule has 3 N–H and O–H groups in total. The average Bonchev–Trinajstić information content (AvgIpc) is 1.65. The van der Waals surface area contributed by atoms with Gasteiger partial charge in [-0.05, 0) is 12.8 Å². The standard InChI is InChI=1S/C5H10N2/c1-7-5-3-2-4(5)6/h7H,2-3,6H2,1H3. The van der Waals surface area contributed by atoms with Crippen molar-refractivity contribution in [3.8, 4) is 0 Å². The normalized spacial score (nSPS) is 19.0. The van der Waals surface area contributed by atoms with Gasteiger partial charge in [0.05, 0.1) is 0 Å². The molecule has 0 aromatic heterocycles. The van der Waals surface area contributed by atoms with Crippen LogP contribution in [0.5, 0.6) is 0 Å². The lowest BCUT2D eigenvalue weighted by Crippen LogP contribution is -2.21. The van der Waals surface area contributed by atoms with Crippen LogP contribution in [0, 0.1) is 0 Å². The van der Waals surface area contributed by atoms with E-state index in [1.54, 1.807) is 0 Å². The molecule has 2 nitrogen and oxygen atoms in total. The van der Waals surface area contributed by atoms with E-state index in [1.807, 2.05) is 7.05 Å². The Kier molecular flexibility index (Phi) is 0.929. The van der Waals surface area contributed by atoms with Crippen LogP contribution in [0.4, 0.5) is 0 Å². The Bertz CT molecular complexity index is 105. The maximum Gasteiger partial charge on any atom is 0.0299 e. The summed E-state index contributed by atoms with van der Waals surface area (Å²) in [6.45, 7) is 0. The van der Waals surface area contributed by atoms with Gasteiger partial charge in [-0.25, -0.2) is 0 Å². The third-order valence-corrected chi connectivity index (χ3v) is 1.33. The van der Waals surface area contributed by atoms with E-state index in [1.165, 1.54) is 5.70 Å². The van der Waals surface area contributed by atoms with Gasteiger partial charge in [0, 0.05) is 18.4 Å². The van der Waals surface area contributed by atoms with E-state index in [0.717, 1.165) is 18.5 Å². The molecule has 0 saturated carbocycles. The number of allylic oxidation sites excluding steroid dienone is 2. The highest BCUT2D eigenvalue weighted by Crippen LogP contribution is 2.19. The highest BCUT2D eigenvalue weighted by Gasteiger charge is 2.10. The van der Waals surface area contributed by atoms with Crippen molar-refractivity contribution in [2.75, 3.05) is 7.05 Å². The number of nitrogens with one attached hydrogen (secondary N) is 1. The Balaban J connectivity index is 2.53. The summed E-state index contributed by atoms with van der Waals surface area (Å²) < 4.78 is 0. The first-order valence-electron chi connectivity index (χ1n) is 2.50. The maximum atomic E-state index is 5.45. The van der Waals surface area contributed by atoms with Crippen LogP contribution in [0.1, 0.15) is 12.8 Å². The summed E-state index contributed by atoms with van der Waals surface area (Å²) in [7, 11) is 1.90. The topological polar surface area (TPSA) is 38.0 Å². The number of hydrogen-bond acceptors (Lipinski definition) is 2. The van der Waals surface area contributed by atoms with Crippen molar-refractivity contribution in [1.82, 2.24) is 5.32 Å². The third-order valence-electron chi connectivity index (χ3n) is 1.33. The Morgan fingerprint density at radius 3 is 2.29 bits per heavy atom. The molecule has 0 aromatic carbocycles. The molecule has 7 heavy (non-hydrogen) atoms. The Labute approximate surface area is 43.4 Å². The summed E-state index contributed by atoms with van der Waals surface area (Å²) in [6, 6.07) is 0. The molecular formula is C5H10N2. The predicted octanol–water partition coefficient (Wildman–Crippen LogP) is 0.170. The zero-order chi connectivity index (χ0) is 5.28. The van der Waals surface area contributed by atoms with Gasteiger partial charge in [-0.2, -0.15) is 0 Å². The first kappa shape index (κ1) is 4.50. The smallest absolute Gasteiger partial charge is 0.0299 e. The van der Waals surface area contributed by atoms with Gasteiger partial charge in [-0.1, -0.05) is 0 Å². The molecule has 0 saturated heterocycles. The van der Waals surface area contributed by atoms with Gasteiger partial charge in [-0.3, -0.25) is 0 Å². The molecule has 2 heteroatoms. The molecule has 0 atom stereocenters. The number of hydrogen-bond donors (Lipinski definition) is 2. The lowest BCUT2D eigenvalue weighted by atomic mass is 10.0. The first-order valence-corrected chi connectivity index (χ1v) is 2.50. The van der Waals surface area contributed by atoms with Crippen LogP contribution in [0.3, 0.4) is 0 Å². The van der Waals surface area contributed by atoms with Crippen LogP contribution in [0.15, 0.2) is 11.4 Å². The molecular weight excluding hydrogens is 88.1 g/mol. The van der Waals surface area contributed by atoms with E-state index in [4.69, 9.17) is 5.73 Å². The summed E-state index contributed by atoms with van der Waals surface area (Å²) >= 11 is 0. The molecule has 0 aromatic rings. The monoisotopic (exact) mass is 98.1 g/mol. The third kappa shape index (κ3) is 0.557. The van der Waals surface area contributed by atoms with Crippen molar-refractivity contribution >= 4 is 0 Å². The summed E-state index contributed by atoms with van der Waals surface area (Å²) in [4.78, 5) is 0. The van der Waals surface area contributed by atoms with Gasteiger partial charge in [0.2, 0.25) is 0 Å². The molecule has 1 aliphatic rings. The summed E-state index contributed by atoms with van der Waals surface area (Å²) in [5.41, 5.74) is 7.70. The van der Waals surface area contributed by atoms with Crippen LogP contribution in [0.25, 0.3) is 0 Å². The van der Waals surface area contributed by atoms with Gasteiger partial charge in [0.1, 0.15) is 0 Å². The molecule has 0 aliphatic heterocycles. The summed E-state index contributed by atoms with van der Waals surface area (Å²) in [5.74, 6) is 0. The van der Waals surface area contributed by atoms with Crippen molar-refractivity contribution in [3.63, 3.8) is 0 Å². The maximum absolute atomic E-state index is 5.45. The second kappa shape index (κ2) is 1.45. The van der Waals surface area contributed by atoms with Crippen molar-refractivity contribution in [2.24, 2.45) is 5.73 Å². The number of rotatable bonds is 1. The Morgan fingerprint density at radius 2 is 2.29 bits per heavy atom. The van der Waals surface area contributed by atoms with E-state index < -0.39 is 0 Å². The highest BCUT2D eigenvalue weighted by molar-refractivity contribution is 5.18. The lowest BCUT2D eigenvalue weighted by Gasteiger charge is -2.18. The quantitative estimate of drug-likeness (QED) is 0.490. The van der Waals surface area contributed by atoms with Gasteiger partial charge in [-0.15, -0.1) is 0 Å². The fourth-order valence-electron chi connectivity index (χ4n) is 0.680. The van der Waals surface area contributed by atoms with Gasteiger partial charge < -0.3 is 11.1 Å². The van der Waals surface area contributed by atoms with E-state index in [2.05, 4.69) is 5.32 Å². The lowest BCUT2D eigenvalue weighted by molar-refractivity contribution is 0.706. The predicted molar refractivity (Wildman–Crippen MR) is 29.5 cm³/mol. The van der Waals surface area contributed by atoms with E-state index in [9.17, 15) is 0 Å². The molecule has 1 rings (SSSR count). The fourth-order valence-corrected chi connectivity index (χ4v) is 0.680. The second-order valence-electron chi connectivity index (χ2n) is 1.75. The van der Waals surface area contributed by atoms with Crippen LogP contribution in [-0.2, 0) is 0 Å². The van der Waals surface area contributed by atoms with Crippen molar-refractivity contribution in [2.45, 2.75) is 12.8 Å². The van der Waals surface area contributed by atoms with Crippen molar-refractivity contribution in [3.05, 3.63) is 11.4 Å². The molecule has 0 fully saturated rings. The van der Waals surface area contributed by atoms with Crippen LogP contribution >= 0.6 is 0 Å². The minimum atomic E-state index is 1.03. The fraction of sp³-hybridized carbons (Fsp3) is 0.600. The van der Waals surface area contributed by atoms with E-state index >= 15 is 0 Å². The van der Waals surface area contributed by atoms with Crippen LogP contribution in [0.2, 0.25) is 0 Å². The Hall–Kier alpha value is -0.660. The average molecular weight is 98.1 g/mol. The minimum Gasteiger partial charge on any atom is -0.401 e. The van der Waals surface area contributed by atoms with E-state index in [-0.39, 0.29) is 0 Å². The Morgan fingerprint density at radius 1 is 1.57 bits per heavy atom. The van der Waals surface area contributed by atoms with Gasteiger partial charge >= 0.3 is 0 Å². The highest BCUT2D eigenvalue weighted by atomic mass is 14.9. The zero-order valence-corrected chi connectivity index (χ0v) is 4.49. The van der Waals surface area contributed by atoms with Crippen molar-refractivity contribution in [1.29, 1.82) is 0 Å². The summed E-state index contributed by atoms with van der Waals surface area (Å²) in [6.07, 6.45) is 2.22. The van der Waals surface area contributed by atoms with Gasteiger partial charge in [0.15, 0.2) is 0 Å². The number of nitrogens with two attached hydrogens (primary N) is 1. The zero-order valence-electron chi connectivity index (χ0n) is 4.49. The molecule has 0 amide bonds. The summed E-state index contributed by atoms with van der Waals surface area (Å²) in [5, 5.41) is 3.01. The molecule has 0 bridgehead atoms. The first-order chi connectivity index (χ1) is 3.34. The van der Waals surface area contributed by atoms with Crippen LogP contribution < -0.4 is 11.1 Å².